The molecule has 0 aliphatic heterocycles. The molecule has 0 radical (unpaired) electrons. The SMILES string of the molecule is Cc1c(COCc2cn(-c3ccccc3Br)nn2)cccc1-c1ccccc1. The van der Waals surface area contributed by atoms with Gasteiger partial charge in [-0.3, -0.25) is 0 Å². The number of rotatable bonds is 6. The molecule has 140 valence electrons. The lowest BCUT2D eigenvalue weighted by molar-refractivity contribution is 0.104. The lowest BCUT2D eigenvalue weighted by Gasteiger charge is -2.11. The molecular weight excluding hydrogens is 414 g/mol. The first kappa shape index (κ1) is 18.6. The molecule has 0 aliphatic rings. The van der Waals surface area contributed by atoms with Gasteiger partial charge in [-0.25, -0.2) is 4.68 Å². The van der Waals surface area contributed by atoms with Gasteiger partial charge < -0.3 is 4.74 Å². The van der Waals surface area contributed by atoms with Crippen molar-refractivity contribution in [2.45, 2.75) is 20.1 Å². The maximum absolute atomic E-state index is 5.93. The van der Waals surface area contributed by atoms with Crippen LogP contribution in [-0.2, 0) is 18.0 Å². The molecule has 0 atom stereocenters. The number of hydrogen-bond donors (Lipinski definition) is 0. The third-order valence-electron chi connectivity index (χ3n) is 4.68. The Hall–Kier alpha value is -2.76. The summed E-state index contributed by atoms with van der Waals surface area (Å²) in [5.74, 6) is 0. The van der Waals surface area contributed by atoms with Gasteiger partial charge in [0, 0.05) is 4.47 Å². The van der Waals surface area contributed by atoms with E-state index in [-0.39, 0.29) is 0 Å². The van der Waals surface area contributed by atoms with Crippen LogP contribution in [0.2, 0.25) is 0 Å². The molecule has 0 unspecified atom stereocenters. The zero-order valence-corrected chi connectivity index (χ0v) is 17.1. The summed E-state index contributed by atoms with van der Waals surface area (Å²) >= 11 is 3.54. The van der Waals surface area contributed by atoms with E-state index in [2.05, 4.69) is 75.6 Å². The van der Waals surface area contributed by atoms with Crippen LogP contribution in [0.15, 0.2) is 83.5 Å². The van der Waals surface area contributed by atoms with E-state index in [0.29, 0.717) is 13.2 Å². The Bertz CT molecular complexity index is 1080. The summed E-state index contributed by atoms with van der Waals surface area (Å²) in [5.41, 5.74) is 6.63. The van der Waals surface area contributed by atoms with E-state index in [1.807, 2.05) is 36.5 Å². The normalized spacial score (nSPS) is 10.9. The maximum atomic E-state index is 5.93. The van der Waals surface area contributed by atoms with Gasteiger partial charge in [-0.05, 0) is 57.2 Å². The van der Waals surface area contributed by atoms with E-state index in [9.17, 15) is 0 Å². The largest absolute Gasteiger partial charge is 0.370 e. The van der Waals surface area contributed by atoms with E-state index in [4.69, 9.17) is 4.74 Å². The van der Waals surface area contributed by atoms with E-state index >= 15 is 0 Å². The standard InChI is InChI=1S/C23H20BrN3O/c1-17-19(10-7-11-21(17)18-8-3-2-4-9-18)15-28-16-20-14-27(26-25-20)23-13-6-5-12-22(23)24/h2-14H,15-16H2,1H3. The maximum Gasteiger partial charge on any atom is 0.109 e. The van der Waals surface area contributed by atoms with E-state index < -0.39 is 0 Å². The first-order chi connectivity index (χ1) is 13.7. The number of benzene rings is 3. The van der Waals surface area contributed by atoms with Gasteiger partial charge in [-0.2, -0.15) is 0 Å². The molecular formula is C23H20BrN3O. The average Bonchev–Trinajstić information content (AvgIpc) is 3.19. The molecule has 0 aliphatic carbocycles. The molecule has 0 spiro atoms. The second-order valence-electron chi connectivity index (χ2n) is 6.55. The highest BCUT2D eigenvalue weighted by atomic mass is 79.9. The van der Waals surface area contributed by atoms with Crippen LogP contribution >= 0.6 is 15.9 Å². The molecule has 5 heteroatoms. The highest BCUT2D eigenvalue weighted by molar-refractivity contribution is 9.10. The number of para-hydroxylation sites is 1. The van der Waals surface area contributed by atoms with Crippen LogP contribution < -0.4 is 0 Å². The lowest BCUT2D eigenvalue weighted by atomic mass is 9.97. The van der Waals surface area contributed by atoms with Crippen molar-refractivity contribution in [3.8, 4) is 16.8 Å². The van der Waals surface area contributed by atoms with Gasteiger partial charge in [0.2, 0.25) is 0 Å². The van der Waals surface area contributed by atoms with E-state index in [0.717, 1.165) is 15.9 Å². The Kier molecular flexibility index (Phi) is 5.65. The fourth-order valence-electron chi connectivity index (χ4n) is 3.16. The molecule has 4 aromatic rings. The summed E-state index contributed by atoms with van der Waals surface area (Å²) in [5, 5.41) is 8.42. The van der Waals surface area contributed by atoms with Crippen LogP contribution in [0.4, 0.5) is 0 Å². The van der Waals surface area contributed by atoms with Crippen molar-refractivity contribution in [1.29, 1.82) is 0 Å². The van der Waals surface area contributed by atoms with Crippen molar-refractivity contribution >= 4 is 15.9 Å². The minimum absolute atomic E-state index is 0.416. The van der Waals surface area contributed by atoms with Gasteiger partial charge >= 0.3 is 0 Å². The van der Waals surface area contributed by atoms with Gasteiger partial charge in [0.25, 0.3) is 0 Å². The van der Waals surface area contributed by atoms with Crippen molar-refractivity contribution in [2.75, 3.05) is 0 Å². The Morgan fingerprint density at radius 3 is 2.50 bits per heavy atom. The number of aromatic nitrogens is 3. The molecule has 4 rings (SSSR count). The molecule has 4 nitrogen and oxygen atoms in total. The summed E-state index contributed by atoms with van der Waals surface area (Å²) in [6.07, 6.45) is 1.90. The Balaban J connectivity index is 1.43. The first-order valence-corrected chi connectivity index (χ1v) is 9.89. The molecule has 0 saturated carbocycles. The summed E-state index contributed by atoms with van der Waals surface area (Å²) in [7, 11) is 0. The second-order valence-corrected chi connectivity index (χ2v) is 7.41. The van der Waals surface area contributed by atoms with Crippen LogP contribution in [0.5, 0.6) is 0 Å². The Labute approximate surface area is 172 Å². The second kappa shape index (κ2) is 8.50. The predicted molar refractivity (Wildman–Crippen MR) is 114 cm³/mol. The van der Waals surface area contributed by atoms with Crippen LogP contribution in [-0.4, -0.2) is 15.0 Å². The van der Waals surface area contributed by atoms with Crippen LogP contribution in [0.1, 0.15) is 16.8 Å². The molecule has 1 heterocycles. The molecule has 0 bridgehead atoms. The van der Waals surface area contributed by atoms with E-state index in [1.54, 1.807) is 4.68 Å². The van der Waals surface area contributed by atoms with Crippen molar-refractivity contribution < 1.29 is 4.74 Å². The van der Waals surface area contributed by atoms with Gasteiger partial charge in [-0.15, -0.1) is 5.10 Å². The van der Waals surface area contributed by atoms with Gasteiger partial charge in [0.05, 0.1) is 25.1 Å². The van der Waals surface area contributed by atoms with Crippen molar-refractivity contribution in [3.05, 3.63) is 100 Å². The summed E-state index contributed by atoms with van der Waals surface area (Å²) in [6, 6.07) is 24.7. The number of hydrogen-bond acceptors (Lipinski definition) is 3. The average molecular weight is 434 g/mol. The monoisotopic (exact) mass is 433 g/mol. The highest BCUT2D eigenvalue weighted by Crippen LogP contribution is 2.26. The molecule has 0 saturated heterocycles. The van der Waals surface area contributed by atoms with Crippen LogP contribution in [0.3, 0.4) is 0 Å². The van der Waals surface area contributed by atoms with Crippen molar-refractivity contribution in [2.24, 2.45) is 0 Å². The van der Waals surface area contributed by atoms with Crippen LogP contribution in [0.25, 0.3) is 16.8 Å². The number of halogens is 1. The highest BCUT2D eigenvalue weighted by Gasteiger charge is 2.08. The smallest absolute Gasteiger partial charge is 0.109 e. The van der Waals surface area contributed by atoms with Gasteiger partial charge in [-0.1, -0.05) is 65.9 Å². The molecule has 0 amide bonds. The Morgan fingerprint density at radius 1 is 0.893 bits per heavy atom. The van der Waals surface area contributed by atoms with Crippen molar-refractivity contribution in [1.82, 2.24) is 15.0 Å². The summed E-state index contributed by atoms with van der Waals surface area (Å²) < 4.78 is 8.66. The third-order valence-corrected chi connectivity index (χ3v) is 5.35. The quantitative estimate of drug-likeness (QED) is 0.390. The third kappa shape index (κ3) is 4.06. The Morgan fingerprint density at radius 2 is 1.68 bits per heavy atom. The minimum atomic E-state index is 0.416. The first-order valence-electron chi connectivity index (χ1n) is 9.10. The molecule has 1 aromatic heterocycles. The zero-order chi connectivity index (χ0) is 19.3. The summed E-state index contributed by atoms with van der Waals surface area (Å²) in [4.78, 5) is 0. The van der Waals surface area contributed by atoms with Crippen LogP contribution in [0, 0.1) is 6.92 Å². The lowest BCUT2D eigenvalue weighted by Crippen LogP contribution is -1.98. The van der Waals surface area contributed by atoms with Crippen molar-refractivity contribution in [3.63, 3.8) is 0 Å². The molecule has 0 N–H and O–H groups in total. The van der Waals surface area contributed by atoms with E-state index in [1.165, 1.54) is 22.3 Å². The predicted octanol–water partition coefficient (Wildman–Crippen LogP) is 5.72. The fourth-order valence-corrected chi connectivity index (χ4v) is 3.62. The fraction of sp³-hybridized carbons (Fsp3) is 0.130. The van der Waals surface area contributed by atoms with Gasteiger partial charge in [0.15, 0.2) is 0 Å². The minimum Gasteiger partial charge on any atom is -0.370 e. The zero-order valence-electron chi connectivity index (χ0n) is 15.5. The number of ether oxygens (including phenoxy) is 1. The topological polar surface area (TPSA) is 39.9 Å². The summed E-state index contributed by atoms with van der Waals surface area (Å²) in [6.45, 7) is 3.10. The van der Waals surface area contributed by atoms with Gasteiger partial charge in [0.1, 0.15) is 5.69 Å². The molecule has 0 fully saturated rings. The molecule has 28 heavy (non-hydrogen) atoms. The number of nitrogens with zero attached hydrogens (tertiary/aromatic N) is 3. The molecule has 3 aromatic carbocycles.